The highest BCUT2D eigenvalue weighted by Gasteiger charge is 2.49. The van der Waals surface area contributed by atoms with Gasteiger partial charge in [0.15, 0.2) is 0 Å². The number of nitrogens with zero attached hydrogens (tertiary/aromatic N) is 1. The van der Waals surface area contributed by atoms with Crippen LogP contribution >= 0.6 is 0 Å². The molecule has 1 nitrogen and oxygen atoms in total. The molecule has 0 bridgehead atoms. The standard InChI is InChI=1S/C60H45N/c1-59(2)55-22-12-8-18-49(55)51-36-34-47(38-57(51)59)61(46-32-30-43(31-33-46)42-26-24-41(25-27-42)40-14-4-3-5-15-40)48-35-37-52-50-19-9-13-23-56(50)60(58(52)39-48)53-20-10-6-16-44(53)28-29-45-17-7-11-21-54(45)60/h3-27,30-39H,28-29H2,1-2H3. The molecule has 9 aromatic rings. The van der Waals surface area contributed by atoms with Crippen molar-refractivity contribution >= 4 is 17.1 Å². The average Bonchev–Trinajstić information content (AvgIpc) is 3.67. The van der Waals surface area contributed by atoms with Gasteiger partial charge < -0.3 is 4.90 Å². The van der Waals surface area contributed by atoms with Crippen molar-refractivity contribution in [3.63, 3.8) is 0 Å². The van der Waals surface area contributed by atoms with Crippen molar-refractivity contribution in [2.24, 2.45) is 0 Å². The van der Waals surface area contributed by atoms with Gasteiger partial charge in [0.05, 0.1) is 5.41 Å². The van der Waals surface area contributed by atoms with Gasteiger partial charge in [-0.2, -0.15) is 0 Å². The van der Waals surface area contributed by atoms with Crippen LogP contribution in [0.1, 0.15) is 58.4 Å². The van der Waals surface area contributed by atoms with E-state index in [4.69, 9.17) is 0 Å². The smallest absolute Gasteiger partial charge is 0.0719 e. The summed E-state index contributed by atoms with van der Waals surface area (Å²) in [6, 6.07) is 79.7. The minimum atomic E-state index is -0.450. The van der Waals surface area contributed by atoms with Gasteiger partial charge in [-0.25, -0.2) is 0 Å². The first kappa shape index (κ1) is 35.7. The molecule has 0 atom stereocenters. The predicted octanol–water partition coefficient (Wildman–Crippen LogP) is 15.3. The first-order valence-corrected chi connectivity index (χ1v) is 21.7. The lowest BCUT2D eigenvalue weighted by Crippen LogP contribution is -2.30. The molecular formula is C60H45N. The Balaban J connectivity index is 1.05. The van der Waals surface area contributed by atoms with E-state index in [2.05, 4.69) is 231 Å². The summed E-state index contributed by atoms with van der Waals surface area (Å²) >= 11 is 0. The van der Waals surface area contributed by atoms with Crippen molar-refractivity contribution in [1.29, 1.82) is 0 Å². The van der Waals surface area contributed by atoms with Crippen molar-refractivity contribution < 1.29 is 0 Å². The molecular weight excluding hydrogens is 735 g/mol. The molecule has 9 aromatic carbocycles. The van der Waals surface area contributed by atoms with Crippen LogP contribution in [0.2, 0.25) is 0 Å². The van der Waals surface area contributed by atoms with Gasteiger partial charge in [-0.15, -0.1) is 0 Å². The van der Waals surface area contributed by atoms with E-state index in [0.717, 1.165) is 29.9 Å². The predicted molar refractivity (Wildman–Crippen MR) is 254 cm³/mol. The molecule has 290 valence electrons. The summed E-state index contributed by atoms with van der Waals surface area (Å²) in [6.07, 6.45) is 2.04. The first-order valence-electron chi connectivity index (χ1n) is 21.7. The summed E-state index contributed by atoms with van der Waals surface area (Å²) in [7, 11) is 0. The Hall–Kier alpha value is -7.22. The van der Waals surface area contributed by atoms with Crippen LogP contribution < -0.4 is 4.90 Å². The highest BCUT2D eigenvalue weighted by molar-refractivity contribution is 5.91. The molecule has 61 heavy (non-hydrogen) atoms. The Labute approximate surface area is 359 Å². The zero-order valence-corrected chi connectivity index (χ0v) is 34.6. The maximum absolute atomic E-state index is 2.53. The zero-order chi connectivity index (χ0) is 40.7. The number of aryl methyl sites for hydroxylation is 2. The third-order valence-electron chi connectivity index (χ3n) is 14.1. The Morgan fingerprint density at radius 2 is 0.705 bits per heavy atom. The van der Waals surface area contributed by atoms with Gasteiger partial charge in [0, 0.05) is 22.5 Å². The molecule has 0 N–H and O–H groups in total. The van der Waals surface area contributed by atoms with E-state index in [1.165, 1.54) is 89.0 Å². The fourth-order valence-corrected chi connectivity index (χ4v) is 11.2. The highest BCUT2D eigenvalue weighted by Crippen LogP contribution is 2.59. The van der Waals surface area contributed by atoms with Gasteiger partial charge in [-0.3, -0.25) is 0 Å². The summed E-state index contributed by atoms with van der Waals surface area (Å²) in [5.41, 5.74) is 24.1. The zero-order valence-electron chi connectivity index (χ0n) is 34.6. The second-order valence-corrected chi connectivity index (χ2v) is 17.6. The Morgan fingerprint density at radius 3 is 1.30 bits per heavy atom. The first-order chi connectivity index (χ1) is 30.0. The van der Waals surface area contributed by atoms with Crippen molar-refractivity contribution in [3.05, 3.63) is 257 Å². The van der Waals surface area contributed by atoms with Crippen molar-refractivity contribution in [2.75, 3.05) is 4.90 Å². The van der Waals surface area contributed by atoms with Gasteiger partial charge >= 0.3 is 0 Å². The second-order valence-electron chi connectivity index (χ2n) is 17.6. The fourth-order valence-electron chi connectivity index (χ4n) is 11.2. The third-order valence-corrected chi connectivity index (χ3v) is 14.1. The average molecular weight is 780 g/mol. The monoisotopic (exact) mass is 779 g/mol. The minimum absolute atomic E-state index is 0.124. The summed E-state index contributed by atoms with van der Waals surface area (Å²) in [6.45, 7) is 4.75. The van der Waals surface area contributed by atoms with Gasteiger partial charge in [0.2, 0.25) is 0 Å². The molecule has 3 aliphatic carbocycles. The van der Waals surface area contributed by atoms with Crippen molar-refractivity contribution in [1.82, 2.24) is 0 Å². The molecule has 1 heteroatoms. The van der Waals surface area contributed by atoms with E-state index in [9.17, 15) is 0 Å². The van der Waals surface area contributed by atoms with E-state index in [-0.39, 0.29) is 5.41 Å². The molecule has 1 spiro atoms. The summed E-state index contributed by atoms with van der Waals surface area (Å²) in [5, 5.41) is 0. The van der Waals surface area contributed by atoms with Crippen LogP contribution in [0.25, 0.3) is 44.5 Å². The lowest BCUT2D eigenvalue weighted by molar-refractivity contribution is 0.660. The lowest BCUT2D eigenvalue weighted by Gasteiger charge is -2.36. The van der Waals surface area contributed by atoms with E-state index in [1.54, 1.807) is 0 Å². The number of hydrogen-bond donors (Lipinski definition) is 0. The Kier molecular flexibility index (Phi) is 7.99. The molecule has 0 amide bonds. The Bertz CT molecular complexity index is 3100. The van der Waals surface area contributed by atoms with Gasteiger partial charge in [0.25, 0.3) is 0 Å². The SMILES string of the molecule is CC1(C)c2ccccc2-c2ccc(N(c3ccc(-c4ccc(-c5ccccc5)cc4)cc3)c3ccc4c(c3)C3(c5ccccc5CCc5ccccc53)c3ccccc3-4)cc21. The molecule has 0 aliphatic heterocycles. The molecule has 0 saturated heterocycles. The number of benzene rings is 9. The fraction of sp³-hybridized carbons (Fsp3) is 0.100. The molecule has 0 radical (unpaired) electrons. The van der Waals surface area contributed by atoms with Gasteiger partial charge in [-0.1, -0.05) is 190 Å². The van der Waals surface area contributed by atoms with Crippen LogP contribution in [0.5, 0.6) is 0 Å². The van der Waals surface area contributed by atoms with E-state index in [1.807, 2.05) is 0 Å². The normalized spacial score (nSPS) is 14.5. The van der Waals surface area contributed by atoms with E-state index in [0.29, 0.717) is 0 Å². The van der Waals surface area contributed by atoms with E-state index >= 15 is 0 Å². The molecule has 0 aromatic heterocycles. The minimum Gasteiger partial charge on any atom is -0.310 e. The Morgan fingerprint density at radius 1 is 0.311 bits per heavy atom. The van der Waals surface area contributed by atoms with Crippen LogP contribution in [0, 0.1) is 0 Å². The molecule has 0 heterocycles. The number of anilines is 3. The molecule has 0 saturated carbocycles. The summed E-state index contributed by atoms with van der Waals surface area (Å²) in [4.78, 5) is 2.49. The molecule has 0 fully saturated rings. The van der Waals surface area contributed by atoms with Crippen LogP contribution in [-0.4, -0.2) is 0 Å². The molecule has 12 rings (SSSR count). The highest BCUT2D eigenvalue weighted by atomic mass is 15.1. The van der Waals surface area contributed by atoms with Crippen LogP contribution in [0.15, 0.2) is 212 Å². The van der Waals surface area contributed by atoms with Crippen molar-refractivity contribution in [2.45, 2.75) is 37.5 Å². The van der Waals surface area contributed by atoms with Crippen LogP contribution in [-0.2, 0) is 23.7 Å². The second kappa shape index (κ2) is 13.7. The van der Waals surface area contributed by atoms with Crippen LogP contribution in [0.3, 0.4) is 0 Å². The maximum Gasteiger partial charge on any atom is 0.0719 e. The number of fused-ring (bicyclic) bond motifs is 12. The largest absolute Gasteiger partial charge is 0.310 e. The van der Waals surface area contributed by atoms with Crippen molar-refractivity contribution in [3.8, 4) is 44.5 Å². The van der Waals surface area contributed by atoms with Gasteiger partial charge in [0.1, 0.15) is 0 Å². The third kappa shape index (κ3) is 5.33. The maximum atomic E-state index is 2.53. The molecule has 3 aliphatic rings. The lowest BCUT2D eigenvalue weighted by atomic mass is 9.66. The number of rotatable bonds is 5. The summed E-state index contributed by atoms with van der Waals surface area (Å²) < 4.78 is 0. The topological polar surface area (TPSA) is 3.24 Å². The van der Waals surface area contributed by atoms with E-state index < -0.39 is 5.41 Å². The quantitative estimate of drug-likeness (QED) is 0.168. The summed E-state index contributed by atoms with van der Waals surface area (Å²) in [5.74, 6) is 0. The molecule has 0 unspecified atom stereocenters. The van der Waals surface area contributed by atoms with Gasteiger partial charge in [-0.05, 0) is 138 Å². The number of hydrogen-bond acceptors (Lipinski definition) is 1. The van der Waals surface area contributed by atoms with Crippen LogP contribution in [0.4, 0.5) is 17.1 Å².